The summed E-state index contributed by atoms with van der Waals surface area (Å²) in [5.74, 6) is -0.292. The van der Waals surface area contributed by atoms with Gasteiger partial charge in [0, 0.05) is 6.42 Å². The van der Waals surface area contributed by atoms with E-state index in [-0.39, 0.29) is 18.9 Å². The van der Waals surface area contributed by atoms with Crippen molar-refractivity contribution in [2.45, 2.75) is 145 Å². The van der Waals surface area contributed by atoms with Gasteiger partial charge in [0.1, 0.15) is 48.8 Å². The molecule has 0 aromatic heterocycles. The zero-order valence-electron chi connectivity index (χ0n) is 26.3. The Labute approximate surface area is 265 Å². The zero-order valence-corrected chi connectivity index (χ0v) is 26.3. The highest BCUT2D eigenvalue weighted by Gasteiger charge is 2.50. The van der Waals surface area contributed by atoms with Gasteiger partial charge in [-0.05, 0) is 32.1 Å². The highest BCUT2D eigenvalue weighted by atomic mass is 16.7. The Bertz CT molecular complexity index is 872. The Balaban J connectivity index is 2.02. The van der Waals surface area contributed by atoms with Crippen LogP contribution in [0.25, 0.3) is 0 Å². The number of carbonyl (C=O) groups excluding carboxylic acids is 1. The molecule has 0 aromatic carbocycles. The Morgan fingerprint density at radius 2 is 1.40 bits per heavy atom. The number of amides is 1. The van der Waals surface area contributed by atoms with E-state index < -0.39 is 86.8 Å². The minimum absolute atomic E-state index is 0.247. The van der Waals surface area contributed by atoms with Gasteiger partial charge in [0.2, 0.25) is 5.91 Å². The molecular weight excluding hydrogens is 594 g/mol. The topological polar surface area (TPSA) is 228 Å². The number of aliphatic hydroxyl groups excluding tert-OH is 8. The monoisotopic (exact) mass is 649 g/mol. The lowest BCUT2D eigenvalue weighted by Gasteiger charge is -2.46. The second kappa shape index (κ2) is 21.4. The van der Waals surface area contributed by atoms with Gasteiger partial charge < -0.3 is 65.1 Å². The quantitative estimate of drug-likeness (QED) is 0.0578. The van der Waals surface area contributed by atoms with Gasteiger partial charge in [-0.25, -0.2) is 0 Å². The van der Waals surface area contributed by atoms with Crippen LogP contribution in [0, 0.1) is 0 Å². The molecule has 2 fully saturated rings. The number of allylic oxidation sites excluding steroid dienone is 3. The van der Waals surface area contributed by atoms with Crippen LogP contribution in [0.4, 0.5) is 0 Å². The van der Waals surface area contributed by atoms with Crippen LogP contribution in [0.5, 0.6) is 0 Å². The Kier molecular flexibility index (Phi) is 18.8. The summed E-state index contributed by atoms with van der Waals surface area (Å²) in [7, 11) is 0. The predicted octanol–water partition coefficient (Wildman–Crippen LogP) is -0.864. The minimum Gasteiger partial charge on any atom is -0.394 e. The molecule has 14 heteroatoms. The Hall–Kier alpha value is -1.53. The summed E-state index contributed by atoms with van der Waals surface area (Å²) in [4.78, 5) is 12.5. The van der Waals surface area contributed by atoms with Crippen molar-refractivity contribution in [1.82, 2.24) is 5.32 Å². The normalized spacial score (nSPS) is 33.9. The third kappa shape index (κ3) is 12.5. The fourth-order valence-electron chi connectivity index (χ4n) is 5.04. The lowest BCUT2D eigenvalue weighted by atomic mass is 9.97. The van der Waals surface area contributed by atoms with Crippen molar-refractivity contribution >= 4 is 5.91 Å². The van der Waals surface area contributed by atoms with Crippen molar-refractivity contribution in [2.75, 3.05) is 19.8 Å². The van der Waals surface area contributed by atoms with Gasteiger partial charge in [-0.15, -0.1) is 0 Å². The molecule has 14 nitrogen and oxygen atoms in total. The Morgan fingerprint density at radius 3 is 2.07 bits per heavy atom. The minimum atomic E-state index is -1.78. The summed E-state index contributed by atoms with van der Waals surface area (Å²) in [6.07, 6.45) is -1.64. The molecule has 2 aliphatic rings. The lowest BCUT2D eigenvalue weighted by Crippen LogP contribution is -2.65. The molecule has 12 unspecified atom stereocenters. The first kappa shape index (κ1) is 39.6. The van der Waals surface area contributed by atoms with E-state index in [2.05, 4.69) is 24.4 Å². The fraction of sp³-hybridized carbons (Fsp3) is 0.839. The van der Waals surface area contributed by atoms with E-state index in [1.54, 1.807) is 6.08 Å². The van der Waals surface area contributed by atoms with Crippen molar-refractivity contribution in [1.29, 1.82) is 0 Å². The van der Waals surface area contributed by atoms with Crippen LogP contribution >= 0.6 is 0 Å². The fourth-order valence-corrected chi connectivity index (χ4v) is 5.04. The number of ether oxygens (including phenoxy) is 4. The number of nitrogens with one attached hydrogen (secondary N) is 1. The van der Waals surface area contributed by atoms with E-state index in [1.807, 2.05) is 13.0 Å². The molecule has 45 heavy (non-hydrogen) atoms. The number of hydrogen-bond acceptors (Lipinski definition) is 13. The standard InChI is InChI=1S/C31H55NO13/c1-3-5-7-8-9-10-11-12-13-14-20(35)19(32-23(36)15-6-4-2)18-42-30-28(41)26(39)29(22(17-34)44-30)45-31-27(40)25(38)24(37)21(16-33)43-31/h9-10,13-14,19-22,24-31,33-35,37-41H,3-8,11-12,15-18H2,1-2H3,(H,32,36)/b10-9+,14-13+. The molecule has 0 aromatic rings. The van der Waals surface area contributed by atoms with Crippen molar-refractivity contribution < 1.29 is 64.6 Å². The molecule has 0 spiro atoms. The van der Waals surface area contributed by atoms with E-state index in [0.29, 0.717) is 12.8 Å². The molecule has 0 bridgehead atoms. The summed E-state index contributed by atoms with van der Waals surface area (Å²) < 4.78 is 22.2. The highest BCUT2D eigenvalue weighted by Crippen LogP contribution is 2.29. The SMILES string of the molecule is CCCCC/C=C/CC/C=C/C(O)C(COC1OC(CO)C(OC2OC(CO)C(O)C(O)C2O)C(O)C1O)NC(=O)CCCC. The smallest absolute Gasteiger partial charge is 0.220 e. The van der Waals surface area contributed by atoms with E-state index in [0.717, 1.165) is 25.7 Å². The molecule has 0 aliphatic carbocycles. The van der Waals surface area contributed by atoms with Gasteiger partial charge in [-0.3, -0.25) is 4.79 Å². The Morgan fingerprint density at radius 1 is 0.778 bits per heavy atom. The molecular formula is C31H55NO13. The summed E-state index contributed by atoms with van der Waals surface area (Å²) in [5, 5.41) is 84.9. The highest BCUT2D eigenvalue weighted by molar-refractivity contribution is 5.76. The van der Waals surface area contributed by atoms with E-state index >= 15 is 0 Å². The maximum atomic E-state index is 12.5. The predicted molar refractivity (Wildman–Crippen MR) is 161 cm³/mol. The molecule has 0 saturated carbocycles. The van der Waals surface area contributed by atoms with E-state index in [9.17, 15) is 45.6 Å². The average molecular weight is 650 g/mol. The second-order valence-electron chi connectivity index (χ2n) is 11.6. The molecule has 2 aliphatic heterocycles. The van der Waals surface area contributed by atoms with Crippen LogP contribution < -0.4 is 5.32 Å². The van der Waals surface area contributed by atoms with Gasteiger partial charge in [0.25, 0.3) is 0 Å². The first-order valence-corrected chi connectivity index (χ1v) is 16.1. The summed E-state index contributed by atoms with van der Waals surface area (Å²) >= 11 is 0. The largest absolute Gasteiger partial charge is 0.394 e. The first-order chi connectivity index (χ1) is 21.6. The van der Waals surface area contributed by atoms with Crippen LogP contribution in [-0.2, 0) is 23.7 Å². The van der Waals surface area contributed by atoms with E-state index in [1.165, 1.54) is 12.8 Å². The van der Waals surface area contributed by atoms with Crippen LogP contribution in [0.1, 0.15) is 71.6 Å². The van der Waals surface area contributed by atoms with E-state index in [4.69, 9.17) is 18.9 Å². The van der Waals surface area contributed by atoms with Crippen LogP contribution in [0.3, 0.4) is 0 Å². The third-order valence-electron chi connectivity index (χ3n) is 7.89. The molecule has 12 atom stereocenters. The molecule has 2 heterocycles. The van der Waals surface area contributed by atoms with Crippen molar-refractivity contribution in [3.05, 3.63) is 24.3 Å². The van der Waals surface area contributed by atoms with Crippen LogP contribution in [-0.4, -0.2) is 140 Å². The van der Waals surface area contributed by atoms with Gasteiger partial charge >= 0.3 is 0 Å². The number of hydrogen-bond donors (Lipinski definition) is 9. The summed E-state index contributed by atoms with van der Waals surface area (Å²) in [6.45, 7) is 2.37. The summed E-state index contributed by atoms with van der Waals surface area (Å²) in [5.41, 5.74) is 0. The van der Waals surface area contributed by atoms with Crippen molar-refractivity contribution in [2.24, 2.45) is 0 Å². The first-order valence-electron chi connectivity index (χ1n) is 16.1. The summed E-state index contributed by atoms with van der Waals surface area (Å²) in [6, 6.07) is -0.918. The van der Waals surface area contributed by atoms with Gasteiger partial charge in [0.15, 0.2) is 12.6 Å². The maximum Gasteiger partial charge on any atom is 0.220 e. The maximum absolute atomic E-state index is 12.5. The van der Waals surface area contributed by atoms with Gasteiger partial charge in [-0.1, -0.05) is 57.4 Å². The molecule has 0 radical (unpaired) electrons. The molecule has 262 valence electrons. The number of rotatable bonds is 20. The third-order valence-corrected chi connectivity index (χ3v) is 7.89. The number of carbonyl (C=O) groups is 1. The van der Waals surface area contributed by atoms with Crippen molar-refractivity contribution in [3.63, 3.8) is 0 Å². The zero-order chi connectivity index (χ0) is 33.4. The van der Waals surface area contributed by atoms with Gasteiger partial charge in [-0.2, -0.15) is 0 Å². The molecule has 2 saturated heterocycles. The second-order valence-corrected chi connectivity index (χ2v) is 11.6. The molecule has 9 N–H and O–H groups in total. The van der Waals surface area contributed by atoms with Gasteiger partial charge in [0.05, 0.1) is 32.0 Å². The van der Waals surface area contributed by atoms with Crippen LogP contribution in [0.2, 0.25) is 0 Å². The average Bonchev–Trinajstić information content (AvgIpc) is 3.03. The number of aliphatic hydroxyl groups is 8. The lowest BCUT2D eigenvalue weighted by molar-refractivity contribution is -0.359. The van der Waals surface area contributed by atoms with Crippen molar-refractivity contribution in [3.8, 4) is 0 Å². The molecule has 1 amide bonds. The molecule has 2 rings (SSSR count). The number of unbranched alkanes of at least 4 members (excludes halogenated alkanes) is 5. The van der Waals surface area contributed by atoms with Crippen LogP contribution in [0.15, 0.2) is 24.3 Å².